The lowest BCUT2D eigenvalue weighted by atomic mass is 10.1. The highest BCUT2D eigenvalue weighted by Crippen LogP contribution is 2.35. The number of rotatable bonds is 7. The highest BCUT2D eigenvalue weighted by Gasteiger charge is 2.19. The molecule has 8 heteroatoms. The van der Waals surface area contributed by atoms with E-state index in [2.05, 4.69) is 21.2 Å². The molecular weight excluding hydrogens is 490 g/mol. The zero-order chi connectivity index (χ0) is 23.4. The maximum absolute atomic E-state index is 13.2. The second kappa shape index (κ2) is 9.79. The molecule has 1 amide bonds. The standard InChI is InChI=1S/C25H20BrNO6/c1-30-17-10-8-16(9-11-17)27-22(28)14-32-25-23(29)18-5-3-4-6-20(18)33-24(25)15-7-12-21(31-2)19(26)13-15/h3-13H,14H2,1-2H3,(H,27,28). The molecule has 1 aromatic heterocycles. The van der Waals surface area contributed by atoms with Crippen molar-refractivity contribution in [2.24, 2.45) is 0 Å². The molecule has 3 aromatic carbocycles. The van der Waals surface area contributed by atoms with Crippen molar-refractivity contribution in [3.05, 3.63) is 81.4 Å². The van der Waals surface area contributed by atoms with Crippen LogP contribution < -0.4 is 25.0 Å². The predicted octanol–water partition coefficient (Wildman–Crippen LogP) is 5.26. The van der Waals surface area contributed by atoms with E-state index in [0.29, 0.717) is 38.2 Å². The van der Waals surface area contributed by atoms with Gasteiger partial charge in [-0.3, -0.25) is 9.59 Å². The van der Waals surface area contributed by atoms with Crippen molar-refractivity contribution in [1.29, 1.82) is 0 Å². The Morgan fingerprint density at radius 3 is 2.45 bits per heavy atom. The summed E-state index contributed by atoms with van der Waals surface area (Å²) in [4.78, 5) is 25.7. The Balaban J connectivity index is 1.66. The first-order valence-corrected chi connectivity index (χ1v) is 10.8. The normalized spacial score (nSPS) is 10.6. The summed E-state index contributed by atoms with van der Waals surface area (Å²) in [6.07, 6.45) is 0. The minimum absolute atomic E-state index is 0.0457. The van der Waals surface area contributed by atoms with E-state index in [4.69, 9.17) is 18.6 Å². The maximum atomic E-state index is 13.2. The molecule has 0 aliphatic heterocycles. The number of fused-ring (bicyclic) bond motifs is 1. The van der Waals surface area contributed by atoms with Crippen molar-refractivity contribution in [1.82, 2.24) is 0 Å². The molecule has 0 bridgehead atoms. The second-order valence-corrected chi connectivity index (χ2v) is 7.85. The minimum Gasteiger partial charge on any atom is -0.497 e. The molecule has 33 heavy (non-hydrogen) atoms. The maximum Gasteiger partial charge on any atom is 0.262 e. The smallest absolute Gasteiger partial charge is 0.262 e. The third kappa shape index (κ3) is 4.85. The van der Waals surface area contributed by atoms with Crippen LogP contribution in [-0.4, -0.2) is 26.7 Å². The molecule has 1 N–H and O–H groups in total. The van der Waals surface area contributed by atoms with Crippen LogP contribution in [0, 0.1) is 0 Å². The van der Waals surface area contributed by atoms with Crippen LogP contribution >= 0.6 is 15.9 Å². The number of hydrogen-bond donors (Lipinski definition) is 1. The number of hydrogen-bond acceptors (Lipinski definition) is 6. The molecule has 0 saturated heterocycles. The fourth-order valence-corrected chi connectivity index (χ4v) is 3.80. The van der Waals surface area contributed by atoms with Crippen LogP contribution in [-0.2, 0) is 4.79 Å². The van der Waals surface area contributed by atoms with Gasteiger partial charge in [0.15, 0.2) is 12.4 Å². The Morgan fingerprint density at radius 1 is 1.00 bits per heavy atom. The van der Waals surface area contributed by atoms with Gasteiger partial charge in [-0.1, -0.05) is 12.1 Å². The summed E-state index contributed by atoms with van der Waals surface area (Å²) in [6, 6.07) is 19.0. The lowest BCUT2D eigenvalue weighted by Gasteiger charge is -2.13. The Morgan fingerprint density at radius 2 is 1.76 bits per heavy atom. The highest BCUT2D eigenvalue weighted by molar-refractivity contribution is 9.10. The molecule has 0 atom stereocenters. The quantitative estimate of drug-likeness (QED) is 0.365. The van der Waals surface area contributed by atoms with Crippen LogP contribution in [0.25, 0.3) is 22.3 Å². The molecule has 0 aliphatic carbocycles. The van der Waals surface area contributed by atoms with Crippen LogP contribution in [0.2, 0.25) is 0 Å². The molecule has 0 aliphatic rings. The topological polar surface area (TPSA) is 87.0 Å². The van der Waals surface area contributed by atoms with E-state index in [1.165, 1.54) is 0 Å². The highest BCUT2D eigenvalue weighted by atomic mass is 79.9. The van der Waals surface area contributed by atoms with Crippen molar-refractivity contribution < 1.29 is 23.4 Å². The Hall–Kier alpha value is -3.78. The zero-order valence-corrected chi connectivity index (χ0v) is 19.5. The molecule has 4 rings (SSSR count). The van der Waals surface area contributed by atoms with Gasteiger partial charge in [0.05, 0.1) is 24.1 Å². The number of para-hydroxylation sites is 1. The molecule has 168 valence electrons. The van der Waals surface area contributed by atoms with E-state index < -0.39 is 5.91 Å². The van der Waals surface area contributed by atoms with Crippen molar-refractivity contribution in [3.8, 4) is 28.6 Å². The summed E-state index contributed by atoms with van der Waals surface area (Å²) in [5, 5.41) is 3.09. The summed E-state index contributed by atoms with van der Waals surface area (Å²) >= 11 is 3.45. The Labute approximate surface area is 198 Å². The number of benzene rings is 3. The summed E-state index contributed by atoms with van der Waals surface area (Å²) in [7, 11) is 3.13. The lowest BCUT2D eigenvalue weighted by Crippen LogP contribution is -2.22. The lowest BCUT2D eigenvalue weighted by molar-refractivity contribution is -0.118. The number of halogens is 1. The van der Waals surface area contributed by atoms with Gasteiger partial charge in [-0.05, 0) is 70.5 Å². The third-order valence-corrected chi connectivity index (χ3v) is 5.51. The first-order chi connectivity index (χ1) is 16.0. The first kappa shape index (κ1) is 22.4. The number of methoxy groups -OCH3 is 2. The number of amides is 1. The summed E-state index contributed by atoms with van der Waals surface area (Å²) < 4.78 is 22.8. The summed E-state index contributed by atoms with van der Waals surface area (Å²) in [5.41, 5.74) is 1.22. The Bertz CT molecular complexity index is 1360. The fourth-order valence-electron chi connectivity index (χ4n) is 3.26. The fraction of sp³-hybridized carbons (Fsp3) is 0.120. The van der Waals surface area contributed by atoms with Crippen molar-refractivity contribution in [2.45, 2.75) is 0 Å². The van der Waals surface area contributed by atoms with E-state index in [1.54, 1.807) is 80.9 Å². The number of carbonyl (C=O) groups excluding carboxylic acids is 1. The molecule has 7 nitrogen and oxygen atoms in total. The van der Waals surface area contributed by atoms with Gasteiger partial charge >= 0.3 is 0 Å². The molecule has 0 radical (unpaired) electrons. The molecule has 0 saturated carbocycles. The van der Waals surface area contributed by atoms with E-state index in [-0.39, 0.29) is 23.5 Å². The van der Waals surface area contributed by atoms with Crippen LogP contribution in [0.5, 0.6) is 17.2 Å². The van der Waals surface area contributed by atoms with Crippen molar-refractivity contribution >= 4 is 38.5 Å². The average Bonchev–Trinajstić information content (AvgIpc) is 2.84. The number of carbonyl (C=O) groups is 1. The van der Waals surface area contributed by atoms with Crippen LogP contribution in [0.1, 0.15) is 0 Å². The van der Waals surface area contributed by atoms with E-state index in [0.717, 1.165) is 0 Å². The number of ether oxygens (including phenoxy) is 3. The molecule has 4 aromatic rings. The molecular formula is C25H20BrNO6. The molecule has 0 unspecified atom stereocenters. The SMILES string of the molecule is COc1ccc(NC(=O)COc2c(-c3ccc(OC)c(Br)c3)oc3ccccc3c2=O)cc1. The molecule has 1 heterocycles. The number of anilines is 1. The van der Waals surface area contributed by atoms with Gasteiger partial charge in [-0.25, -0.2) is 0 Å². The summed E-state index contributed by atoms with van der Waals surface area (Å²) in [6.45, 7) is -0.376. The van der Waals surface area contributed by atoms with E-state index in [1.807, 2.05) is 0 Å². The van der Waals surface area contributed by atoms with Gasteiger partial charge in [0.25, 0.3) is 5.91 Å². The van der Waals surface area contributed by atoms with Gasteiger partial charge in [0.1, 0.15) is 17.1 Å². The van der Waals surface area contributed by atoms with Crippen LogP contribution in [0.4, 0.5) is 5.69 Å². The second-order valence-electron chi connectivity index (χ2n) is 7.00. The predicted molar refractivity (Wildman–Crippen MR) is 129 cm³/mol. The van der Waals surface area contributed by atoms with Gasteiger partial charge in [-0.15, -0.1) is 0 Å². The summed E-state index contributed by atoms with van der Waals surface area (Å²) in [5.74, 6) is 1.06. The van der Waals surface area contributed by atoms with E-state index in [9.17, 15) is 9.59 Å². The van der Waals surface area contributed by atoms with Crippen molar-refractivity contribution in [3.63, 3.8) is 0 Å². The van der Waals surface area contributed by atoms with Gasteiger partial charge in [0, 0.05) is 11.3 Å². The number of nitrogens with one attached hydrogen (secondary N) is 1. The zero-order valence-electron chi connectivity index (χ0n) is 17.9. The molecule has 0 spiro atoms. The Kier molecular flexibility index (Phi) is 6.65. The third-order valence-electron chi connectivity index (χ3n) is 4.89. The van der Waals surface area contributed by atoms with Gasteiger partial charge < -0.3 is 23.9 Å². The largest absolute Gasteiger partial charge is 0.497 e. The molecule has 0 fully saturated rings. The minimum atomic E-state index is -0.422. The van der Waals surface area contributed by atoms with Crippen LogP contribution in [0.3, 0.4) is 0 Å². The first-order valence-electron chi connectivity index (χ1n) is 9.96. The van der Waals surface area contributed by atoms with Crippen molar-refractivity contribution in [2.75, 3.05) is 26.1 Å². The van der Waals surface area contributed by atoms with Gasteiger partial charge in [0.2, 0.25) is 11.2 Å². The van der Waals surface area contributed by atoms with Crippen LogP contribution in [0.15, 0.2) is 80.4 Å². The monoisotopic (exact) mass is 509 g/mol. The van der Waals surface area contributed by atoms with Gasteiger partial charge in [-0.2, -0.15) is 0 Å². The average molecular weight is 510 g/mol. The van der Waals surface area contributed by atoms with E-state index >= 15 is 0 Å².